The Hall–Kier alpha value is -2.27. The number of amides is 1. The van der Waals surface area contributed by atoms with Gasteiger partial charge in [0.1, 0.15) is 6.61 Å². The fourth-order valence-electron chi connectivity index (χ4n) is 5.81. The second kappa shape index (κ2) is 8.69. The van der Waals surface area contributed by atoms with Crippen LogP contribution < -0.4 is 4.90 Å². The normalized spacial score (nSPS) is 26.5. The summed E-state index contributed by atoms with van der Waals surface area (Å²) in [6.07, 6.45) is 5.19. The number of rotatable bonds is 4. The van der Waals surface area contributed by atoms with Crippen molar-refractivity contribution in [1.82, 2.24) is 18.5 Å². The highest BCUT2D eigenvalue weighted by Crippen LogP contribution is 2.37. The molecule has 1 aromatic carbocycles. The number of anilines is 1. The van der Waals surface area contributed by atoms with Crippen molar-refractivity contribution in [2.24, 2.45) is 0 Å². The third-order valence-electron chi connectivity index (χ3n) is 8.05. The first-order valence-electron chi connectivity index (χ1n) is 12.6. The Balaban J connectivity index is 1.10. The summed E-state index contributed by atoms with van der Waals surface area (Å²) in [6, 6.07) is 10.4. The predicted octanol–water partition coefficient (Wildman–Crippen LogP) is 1.85. The van der Waals surface area contributed by atoms with Gasteiger partial charge in [-0.15, -0.1) is 0 Å². The number of piperidine rings is 1. The van der Waals surface area contributed by atoms with Crippen molar-refractivity contribution < 1.29 is 17.9 Å². The van der Waals surface area contributed by atoms with Crippen LogP contribution in [0.4, 0.5) is 5.69 Å². The monoisotopic (exact) mass is 499 g/mol. The van der Waals surface area contributed by atoms with Gasteiger partial charge < -0.3 is 14.5 Å². The van der Waals surface area contributed by atoms with Crippen LogP contribution >= 0.6 is 0 Å². The fraction of sp³-hybridized carbons (Fsp3) is 0.600. The number of aromatic nitrogens is 1. The molecule has 1 aromatic heterocycles. The lowest BCUT2D eigenvalue weighted by Gasteiger charge is -2.48. The van der Waals surface area contributed by atoms with Gasteiger partial charge in [-0.2, -0.15) is 17.0 Å². The number of carbonyl (C=O) groups excluding carboxylic acids is 1. The molecule has 1 unspecified atom stereocenters. The summed E-state index contributed by atoms with van der Waals surface area (Å²) in [5.74, 6) is 0.0714. The van der Waals surface area contributed by atoms with E-state index >= 15 is 0 Å². The van der Waals surface area contributed by atoms with Gasteiger partial charge >= 0.3 is 0 Å². The lowest BCUT2D eigenvalue weighted by atomic mass is 9.90. The molecule has 0 radical (unpaired) electrons. The number of hydrogen-bond acceptors (Lipinski definition) is 6. The Kier molecular flexibility index (Phi) is 5.75. The van der Waals surface area contributed by atoms with E-state index in [-0.39, 0.29) is 18.6 Å². The largest absolute Gasteiger partial charge is 0.369 e. The Bertz CT molecular complexity index is 1230. The van der Waals surface area contributed by atoms with Crippen molar-refractivity contribution in [2.75, 3.05) is 50.8 Å². The second-order valence-electron chi connectivity index (χ2n) is 10.4. The number of nitrogens with zero attached hydrogens (tertiary/aromatic N) is 5. The summed E-state index contributed by atoms with van der Waals surface area (Å²) in [6.45, 7) is 5.28. The van der Waals surface area contributed by atoms with Gasteiger partial charge in [0.15, 0.2) is 0 Å². The molecule has 0 N–H and O–H groups in total. The van der Waals surface area contributed by atoms with Crippen molar-refractivity contribution in [3.8, 4) is 0 Å². The van der Waals surface area contributed by atoms with Gasteiger partial charge in [-0.3, -0.25) is 9.78 Å². The maximum Gasteiger partial charge on any atom is 0.282 e. The molecule has 3 saturated heterocycles. The molecule has 4 aliphatic rings. The minimum Gasteiger partial charge on any atom is -0.369 e. The highest BCUT2D eigenvalue weighted by Gasteiger charge is 2.48. The van der Waals surface area contributed by atoms with Crippen molar-refractivity contribution in [3.63, 3.8) is 0 Å². The van der Waals surface area contributed by atoms with Crippen molar-refractivity contribution in [1.29, 1.82) is 0 Å². The Morgan fingerprint density at radius 2 is 1.89 bits per heavy atom. The van der Waals surface area contributed by atoms with Crippen LogP contribution in [0.5, 0.6) is 0 Å². The SMILES string of the molecule is CC1CN(c2ccc3cccnc3c2)CCN1S(=O)(=O)N1CCC2(CC1)CN(C1CC1)C(=O)CO2. The molecule has 1 amide bonds. The quantitative estimate of drug-likeness (QED) is 0.638. The zero-order valence-electron chi connectivity index (χ0n) is 20.2. The number of pyridine rings is 1. The third kappa shape index (κ3) is 4.30. The summed E-state index contributed by atoms with van der Waals surface area (Å²) in [5.41, 5.74) is 1.61. The standard InChI is InChI=1S/C25H33N5O4S/c1-19-16-27(22-5-4-20-3-2-10-26-23(20)15-22)13-14-30(19)35(32,33)28-11-8-25(9-12-28)18-29(21-6-7-21)24(31)17-34-25/h2-5,10,15,19,21H,6-9,11-14,16-18H2,1H3. The van der Waals surface area contributed by atoms with Gasteiger partial charge in [0.2, 0.25) is 5.91 Å². The summed E-state index contributed by atoms with van der Waals surface area (Å²) >= 11 is 0. The summed E-state index contributed by atoms with van der Waals surface area (Å²) in [5, 5.41) is 1.10. The molecule has 35 heavy (non-hydrogen) atoms. The van der Waals surface area contributed by atoms with Crippen LogP contribution in [0.25, 0.3) is 10.9 Å². The molecule has 1 aliphatic carbocycles. The highest BCUT2D eigenvalue weighted by molar-refractivity contribution is 7.86. The topological polar surface area (TPSA) is 86.3 Å². The average molecular weight is 500 g/mol. The maximum absolute atomic E-state index is 13.6. The Morgan fingerprint density at radius 3 is 2.63 bits per heavy atom. The van der Waals surface area contributed by atoms with Crippen LogP contribution in [-0.2, 0) is 19.7 Å². The van der Waals surface area contributed by atoms with Crippen molar-refractivity contribution in [2.45, 2.75) is 50.3 Å². The zero-order chi connectivity index (χ0) is 24.2. The van der Waals surface area contributed by atoms with Crippen LogP contribution in [0.2, 0.25) is 0 Å². The third-order valence-corrected chi connectivity index (χ3v) is 10.2. The number of piperazine rings is 1. The first-order valence-corrected chi connectivity index (χ1v) is 14.0. The van der Waals surface area contributed by atoms with E-state index in [4.69, 9.17) is 4.74 Å². The van der Waals surface area contributed by atoms with Gasteiger partial charge in [0.05, 0.1) is 17.7 Å². The highest BCUT2D eigenvalue weighted by atomic mass is 32.2. The van der Waals surface area contributed by atoms with E-state index in [1.165, 1.54) is 0 Å². The average Bonchev–Trinajstić information content (AvgIpc) is 3.71. The van der Waals surface area contributed by atoms with Gasteiger partial charge in [0, 0.05) is 62.1 Å². The molecule has 4 fully saturated rings. The van der Waals surface area contributed by atoms with E-state index in [9.17, 15) is 13.2 Å². The molecular formula is C25H33N5O4S. The molecule has 4 heterocycles. The smallest absolute Gasteiger partial charge is 0.282 e. The predicted molar refractivity (Wildman–Crippen MR) is 133 cm³/mol. The Labute approximate surface area is 206 Å². The molecule has 1 atom stereocenters. The van der Waals surface area contributed by atoms with Gasteiger partial charge in [0.25, 0.3) is 10.2 Å². The van der Waals surface area contributed by atoms with Gasteiger partial charge in [-0.25, -0.2) is 0 Å². The van der Waals surface area contributed by atoms with Crippen LogP contribution in [-0.4, -0.2) is 96.4 Å². The second-order valence-corrected chi connectivity index (χ2v) is 12.3. The maximum atomic E-state index is 13.6. The van der Waals surface area contributed by atoms with Gasteiger partial charge in [-0.05, 0) is 50.8 Å². The lowest BCUT2D eigenvalue weighted by Crippen LogP contribution is -2.62. The number of benzene rings is 1. The van der Waals surface area contributed by atoms with E-state index in [0.717, 1.165) is 29.4 Å². The number of carbonyl (C=O) groups is 1. The first kappa shape index (κ1) is 23.1. The van der Waals surface area contributed by atoms with E-state index in [1.54, 1.807) is 14.8 Å². The summed E-state index contributed by atoms with van der Waals surface area (Å²) < 4.78 is 36.5. The van der Waals surface area contributed by atoms with Crippen LogP contribution in [0.15, 0.2) is 36.5 Å². The van der Waals surface area contributed by atoms with Crippen molar-refractivity contribution >= 4 is 32.7 Å². The first-order chi connectivity index (χ1) is 16.8. The number of hydrogen-bond donors (Lipinski definition) is 0. The molecule has 3 aliphatic heterocycles. The van der Waals surface area contributed by atoms with E-state index in [2.05, 4.69) is 28.1 Å². The molecule has 188 valence electrons. The zero-order valence-corrected chi connectivity index (χ0v) is 21.0. The minimum absolute atomic E-state index is 0.0714. The number of fused-ring (bicyclic) bond motifs is 1. The van der Waals surface area contributed by atoms with Crippen molar-refractivity contribution in [3.05, 3.63) is 36.5 Å². The summed E-state index contributed by atoms with van der Waals surface area (Å²) in [7, 11) is -3.57. The molecule has 1 spiro atoms. The molecular weight excluding hydrogens is 466 g/mol. The van der Waals surface area contributed by atoms with E-state index in [0.29, 0.717) is 58.2 Å². The Morgan fingerprint density at radius 1 is 1.09 bits per heavy atom. The van der Waals surface area contributed by atoms with Gasteiger partial charge in [-0.1, -0.05) is 12.1 Å². The lowest BCUT2D eigenvalue weighted by molar-refractivity contribution is -0.170. The molecule has 9 nitrogen and oxygen atoms in total. The summed E-state index contributed by atoms with van der Waals surface area (Å²) in [4.78, 5) is 20.9. The number of ether oxygens (including phenoxy) is 1. The van der Waals surface area contributed by atoms with Crippen LogP contribution in [0.3, 0.4) is 0 Å². The van der Waals surface area contributed by atoms with E-state index in [1.807, 2.05) is 24.0 Å². The van der Waals surface area contributed by atoms with Crippen LogP contribution in [0.1, 0.15) is 32.6 Å². The minimum atomic E-state index is -3.57. The number of morpholine rings is 1. The van der Waals surface area contributed by atoms with Crippen LogP contribution in [0, 0.1) is 0 Å². The molecule has 2 aromatic rings. The van der Waals surface area contributed by atoms with E-state index < -0.39 is 15.8 Å². The molecule has 0 bridgehead atoms. The molecule has 10 heteroatoms. The molecule has 6 rings (SSSR count). The fourth-order valence-corrected chi connectivity index (χ4v) is 7.58. The molecule has 1 saturated carbocycles.